The highest BCUT2D eigenvalue weighted by molar-refractivity contribution is 5.97. The molecule has 0 saturated carbocycles. The third-order valence-electron chi connectivity index (χ3n) is 5.63. The van der Waals surface area contributed by atoms with E-state index in [0.717, 1.165) is 0 Å². The van der Waals surface area contributed by atoms with E-state index in [0.29, 0.717) is 16.7 Å². The predicted octanol–water partition coefficient (Wildman–Crippen LogP) is 3.76. The van der Waals surface area contributed by atoms with Crippen LogP contribution in [0.3, 0.4) is 0 Å². The molecule has 8 heteroatoms. The molecule has 1 atom stereocenters. The van der Waals surface area contributed by atoms with Crippen LogP contribution in [0.5, 0.6) is 0 Å². The Balaban J connectivity index is 2.02. The van der Waals surface area contributed by atoms with Gasteiger partial charge in [0.25, 0.3) is 0 Å². The molecule has 0 aliphatic rings. The Kier molecular flexibility index (Phi) is 8.37. The minimum atomic E-state index is -2.89. The molecule has 2 N–H and O–H groups in total. The van der Waals surface area contributed by atoms with E-state index in [1.807, 2.05) is 0 Å². The molecule has 3 aromatic carbocycles. The van der Waals surface area contributed by atoms with Gasteiger partial charge in [0.05, 0.1) is 12.8 Å². The quantitative estimate of drug-likeness (QED) is 0.186. The van der Waals surface area contributed by atoms with E-state index < -0.39 is 47.9 Å². The number of hydrogen-bond donors (Lipinski definition) is 2. The van der Waals surface area contributed by atoms with Crippen molar-refractivity contribution in [1.82, 2.24) is 0 Å². The van der Waals surface area contributed by atoms with Gasteiger partial charge in [-0.05, 0) is 6.92 Å². The number of benzene rings is 3. The van der Waals surface area contributed by atoms with E-state index in [1.54, 1.807) is 91.0 Å². The molecule has 0 radical (unpaired) electrons. The van der Waals surface area contributed by atoms with Crippen molar-refractivity contribution in [2.45, 2.75) is 31.0 Å². The topological polar surface area (TPSA) is 127 Å². The fraction of sp³-hybridized carbons (Fsp3) is 0.172. The average molecular weight is 503 g/mol. The zero-order valence-electron chi connectivity index (χ0n) is 20.1. The Hall–Kier alpha value is -4.56. The Labute approximate surface area is 213 Å². The first-order valence-electron chi connectivity index (χ1n) is 11.3. The number of rotatable bonds is 10. The number of carbonyl (C=O) groups excluding carboxylic acids is 3. The van der Waals surface area contributed by atoms with Crippen molar-refractivity contribution in [1.29, 1.82) is 0 Å². The maximum absolute atomic E-state index is 13.3. The molecular weight excluding hydrogens is 476 g/mol. The van der Waals surface area contributed by atoms with Crippen molar-refractivity contribution in [3.05, 3.63) is 120 Å². The van der Waals surface area contributed by atoms with Crippen LogP contribution in [0.1, 0.15) is 36.5 Å². The summed E-state index contributed by atoms with van der Waals surface area (Å²) in [6, 6.07) is 26.6. The van der Waals surface area contributed by atoms with Crippen LogP contribution in [0.2, 0.25) is 0 Å². The Morgan fingerprint density at radius 2 is 1.11 bits per heavy atom. The van der Waals surface area contributed by atoms with E-state index in [2.05, 4.69) is 11.3 Å². The Bertz CT molecular complexity index is 1190. The number of aliphatic hydroxyl groups is 1. The molecule has 3 aromatic rings. The van der Waals surface area contributed by atoms with Crippen molar-refractivity contribution in [3.8, 4) is 0 Å². The minimum Gasteiger partial charge on any atom is -0.479 e. The molecule has 0 fully saturated rings. The fourth-order valence-electron chi connectivity index (χ4n) is 3.82. The molecule has 1 unspecified atom stereocenters. The average Bonchev–Trinajstić information content (AvgIpc) is 2.88. The number of hydrogen-bond acceptors (Lipinski definition) is 7. The summed E-state index contributed by atoms with van der Waals surface area (Å²) < 4.78 is 10.5. The van der Waals surface area contributed by atoms with Crippen LogP contribution in [0.4, 0.5) is 0 Å². The van der Waals surface area contributed by atoms with Crippen molar-refractivity contribution < 1.29 is 38.9 Å². The molecule has 37 heavy (non-hydrogen) atoms. The highest BCUT2D eigenvalue weighted by Gasteiger charge is 2.46. The lowest BCUT2D eigenvalue weighted by molar-refractivity contribution is -0.177. The minimum absolute atomic E-state index is 0.0926. The van der Waals surface area contributed by atoms with Crippen molar-refractivity contribution in [2.75, 3.05) is 0 Å². The van der Waals surface area contributed by atoms with E-state index in [1.165, 1.54) is 6.92 Å². The third-order valence-corrected chi connectivity index (χ3v) is 5.63. The molecule has 0 amide bonds. The maximum Gasteiger partial charge on any atom is 0.340 e. The van der Waals surface area contributed by atoms with Crippen LogP contribution in [0.25, 0.3) is 0 Å². The first-order valence-corrected chi connectivity index (χ1v) is 11.3. The number of carboxylic acids is 1. The third kappa shape index (κ3) is 6.17. The van der Waals surface area contributed by atoms with Gasteiger partial charge in [-0.25, -0.2) is 9.59 Å². The van der Waals surface area contributed by atoms with Gasteiger partial charge in [-0.1, -0.05) is 97.6 Å². The van der Waals surface area contributed by atoms with Gasteiger partial charge < -0.3 is 19.7 Å². The van der Waals surface area contributed by atoms with Crippen molar-refractivity contribution in [3.63, 3.8) is 0 Å². The summed E-state index contributed by atoms with van der Waals surface area (Å²) in [5.74, 6) is -5.35. The molecular formula is C29H26O8. The van der Waals surface area contributed by atoms with Crippen LogP contribution < -0.4 is 0 Å². The van der Waals surface area contributed by atoms with Gasteiger partial charge in [-0.15, -0.1) is 0 Å². The lowest BCUT2D eigenvalue weighted by Crippen LogP contribution is -2.45. The molecule has 3 rings (SSSR count). The van der Waals surface area contributed by atoms with Crippen LogP contribution in [-0.4, -0.2) is 39.7 Å². The largest absolute Gasteiger partial charge is 0.479 e. The smallest absolute Gasteiger partial charge is 0.340 e. The Morgan fingerprint density at radius 1 is 0.730 bits per heavy atom. The van der Waals surface area contributed by atoms with Crippen LogP contribution in [0.15, 0.2) is 103 Å². The maximum atomic E-state index is 13.3. The van der Waals surface area contributed by atoms with E-state index >= 15 is 0 Å². The number of carbonyl (C=O) groups is 4. The van der Waals surface area contributed by atoms with Crippen LogP contribution in [-0.2, 0) is 34.3 Å². The molecule has 0 spiro atoms. The molecule has 0 aromatic heterocycles. The summed E-state index contributed by atoms with van der Waals surface area (Å²) in [5, 5.41) is 20.4. The molecule has 8 nitrogen and oxygen atoms in total. The Morgan fingerprint density at radius 3 is 1.46 bits per heavy atom. The van der Waals surface area contributed by atoms with Crippen LogP contribution >= 0.6 is 0 Å². The summed E-state index contributed by atoms with van der Waals surface area (Å²) in [6.07, 6.45) is -2.25. The van der Waals surface area contributed by atoms with E-state index in [9.17, 15) is 29.4 Å². The summed E-state index contributed by atoms with van der Waals surface area (Å²) in [5.41, 5.74) is -2.76. The normalized spacial score (nSPS) is 12.6. The van der Waals surface area contributed by atoms with Gasteiger partial charge in [-0.3, -0.25) is 9.59 Å². The molecule has 0 aliphatic carbocycles. The summed E-state index contributed by atoms with van der Waals surface area (Å²) in [7, 11) is 0. The fourth-order valence-corrected chi connectivity index (χ4v) is 3.82. The summed E-state index contributed by atoms with van der Waals surface area (Å²) in [6.45, 7) is 4.63. The van der Waals surface area contributed by atoms with Crippen molar-refractivity contribution in [2.24, 2.45) is 0 Å². The summed E-state index contributed by atoms with van der Waals surface area (Å²) in [4.78, 5) is 49.0. The molecule has 0 saturated heterocycles. The van der Waals surface area contributed by atoms with Gasteiger partial charge in [0.15, 0.2) is 11.2 Å². The zero-order chi connectivity index (χ0) is 27.1. The number of carboxylic acid groups (broad SMARTS) is 1. The SMILES string of the molecule is C=C(C)C(=O)OC(=O)CC(O)(CC(=O)OC(c1ccccc1)(c1ccccc1)c1ccccc1)C(=O)O. The highest BCUT2D eigenvalue weighted by Crippen LogP contribution is 2.41. The number of aliphatic carboxylic acids is 1. The van der Waals surface area contributed by atoms with Gasteiger partial charge in [0.2, 0.25) is 0 Å². The second kappa shape index (κ2) is 11.5. The molecule has 0 heterocycles. The second-order valence-corrected chi connectivity index (χ2v) is 8.49. The molecule has 0 bridgehead atoms. The predicted molar refractivity (Wildman–Crippen MR) is 133 cm³/mol. The first kappa shape index (κ1) is 27.0. The van der Waals surface area contributed by atoms with Gasteiger partial charge >= 0.3 is 23.9 Å². The number of ether oxygens (including phenoxy) is 2. The second-order valence-electron chi connectivity index (χ2n) is 8.49. The van der Waals surface area contributed by atoms with Crippen molar-refractivity contribution >= 4 is 23.9 Å². The molecule has 190 valence electrons. The van der Waals surface area contributed by atoms with Crippen LogP contribution in [0, 0.1) is 0 Å². The van der Waals surface area contributed by atoms with E-state index in [-0.39, 0.29) is 5.57 Å². The number of esters is 3. The lowest BCUT2D eigenvalue weighted by Gasteiger charge is -2.36. The summed E-state index contributed by atoms with van der Waals surface area (Å²) >= 11 is 0. The van der Waals surface area contributed by atoms with E-state index in [4.69, 9.17) is 4.74 Å². The van der Waals surface area contributed by atoms with Gasteiger partial charge in [-0.2, -0.15) is 0 Å². The van der Waals surface area contributed by atoms with Gasteiger partial charge in [0, 0.05) is 22.3 Å². The highest BCUT2D eigenvalue weighted by atomic mass is 16.6. The molecule has 0 aliphatic heterocycles. The lowest BCUT2D eigenvalue weighted by atomic mass is 9.80. The first-order chi connectivity index (χ1) is 17.6. The standard InChI is InChI=1S/C29H26O8/c1-20(2)26(32)36-24(30)18-28(35,27(33)34)19-25(31)37-29(21-12-6-3-7-13-21,22-14-8-4-9-15-22)23-16-10-5-11-17-23/h3-17,35H,1,18-19H2,2H3,(H,33,34). The van der Waals surface area contributed by atoms with Gasteiger partial charge in [0.1, 0.15) is 0 Å². The monoisotopic (exact) mass is 502 g/mol. The zero-order valence-corrected chi connectivity index (χ0v) is 20.1.